The highest BCUT2D eigenvalue weighted by molar-refractivity contribution is 5.73. The van der Waals surface area contributed by atoms with Crippen molar-refractivity contribution in [1.29, 1.82) is 0 Å². The smallest absolute Gasteiger partial charge is 0.309 e. The van der Waals surface area contributed by atoms with Gasteiger partial charge in [-0.25, -0.2) is 0 Å². The van der Waals surface area contributed by atoms with E-state index in [1.54, 1.807) is 0 Å². The average molecular weight is 304 g/mol. The van der Waals surface area contributed by atoms with Crippen LogP contribution >= 0.6 is 0 Å². The molecule has 0 aromatic carbocycles. The maximum absolute atomic E-state index is 12.8. The third-order valence-corrected chi connectivity index (χ3v) is 7.59. The number of ether oxygens (including phenoxy) is 1. The molecule has 3 unspecified atom stereocenters. The van der Waals surface area contributed by atoms with Crippen LogP contribution in [0.2, 0.25) is 0 Å². The fourth-order valence-electron chi connectivity index (χ4n) is 6.60. The van der Waals surface area contributed by atoms with Crippen molar-refractivity contribution >= 4 is 5.97 Å². The zero-order valence-corrected chi connectivity index (χ0v) is 14.3. The summed E-state index contributed by atoms with van der Waals surface area (Å²) in [6.07, 6.45) is 11.8. The quantitative estimate of drug-likeness (QED) is 0.696. The van der Waals surface area contributed by atoms with E-state index in [0.29, 0.717) is 17.8 Å². The fourth-order valence-corrected chi connectivity index (χ4v) is 6.60. The monoisotopic (exact) mass is 304 g/mol. The topological polar surface area (TPSA) is 26.3 Å². The van der Waals surface area contributed by atoms with E-state index < -0.39 is 0 Å². The largest absolute Gasteiger partial charge is 0.462 e. The molecule has 0 saturated heterocycles. The zero-order valence-electron chi connectivity index (χ0n) is 14.3. The lowest BCUT2D eigenvalue weighted by atomic mass is 9.55. The Labute approximate surface area is 135 Å². The van der Waals surface area contributed by atoms with Gasteiger partial charge >= 0.3 is 5.97 Å². The number of hydrogen-bond acceptors (Lipinski definition) is 2. The summed E-state index contributed by atoms with van der Waals surface area (Å²) in [6, 6.07) is 0. The molecule has 5 rings (SSSR count). The van der Waals surface area contributed by atoms with Crippen LogP contribution < -0.4 is 0 Å². The number of hydrogen-bond donors (Lipinski definition) is 0. The molecule has 0 aromatic rings. The van der Waals surface area contributed by atoms with Gasteiger partial charge in [0.25, 0.3) is 0 Å². The molecule has 5 saturated carbocycles. The number of rotatable bonds is 4. The van der Waals surface area contributed by atoms with Gasteiger partial charge in [-0.3, -0.25) is 4.79 Å². The van der Waals surface area contributed by atoms with Gasteiger partial charge in [-0.15, -0.1) is 0 Å². The van der Waals surface area contributed by atoms with Crippen molar-refractivity contribution in [3.63, 3.8) is 0 Å². The number of carbonyl (C=O) groups is 1. The molecule has 4 bridgehead atoms. The molecule has 0 amide bonds. The maximum atomic E-state index is 12.8. The maximum Gasteiger partial charge on any atom is 0.309 e. The van der Waals surface area contributed by atoms with Gasteiger partial charge in [0.2, 0.25) is 0 Å². The summed E-state index contributed by atoms with van der Waals surface area (Å²) in [4.78, 5) is 12.8. The molecule has 0 N–H and O–H groups in total. The van der Waals surface area contributed by atoms with Crippen molar-refractivity contribution < 1.29 is 9.53 Å². The van der Waals surface area contributed by atoms with Crippen LogP contribution in [0.5, 0.6) is 0 Å². The molecule has 0 radical (unpaired) electrons. The van der Waals surface area contributed by atoms with E-state index in [1.807, 2.05) is 0 Å². The molecule has 22 heavy (non-hydrogen) atoms. The minimum Gasteiger partial charge on any atom is -0.462 e. The summed E-state index contributed by atoms with van der Waals surface area (Å²) in [7, 11) is 0. The van der Waals surface area contributed by atoms with Crippen molar-refractivity contribution in [3.8, 4) is 0 Å². The molecule has 5 aliphatic rings. The van der Waals surface area contributed by atoms with Crippen molar-refractivity contribution in [3.05, 3.63) is 0 Å². The molecule has 0 heterocycles. The predicted octanol–water partition coefficient (Wildman–Crippen LogP) is 4.82. The third kappa shape index (κ3) is 2.51. The van der Waals surface area contributed by atoms with E-state index in [-0.39, 0.29) is 18.0 Å². The lowest BCUT2D eigenvalue weighted by Crippen LogP contribution is -2.50. The summed E-state index contributed by atoms with van der Waals surface area (Å²) in [5.74, 6) is 5.00. The van der Waals surface area contributed by atoms with E-state index in [1.165, 1.54) is 44.9 Å². The molecular formula is C20H32O2. The first-order valence-corrected chi connectivity index (χ1v) is 9.88. The second kappa shape index (κ2) is 5.83. The van der Waals surface area contributed by atoms with Crippen molar-refractivity contribution in [2.24, 2.45) is 41.4 Å². The van der Waals surface area contributed by atoms with E-state index >= 15 is 0 Å². The first-order valence-electron chi connectivity index (χ1n) is 9.88. The first-order chi connectivity index (χ1) is 10.7. The van der Waals surface area contributed by atoms with Crippen LogP contribution in [0.25, 0.3) is 0 Å². The molecule has 5 aliphatic carbocycles. The Morgan fingerprint density at radius 3 is 2.05 bits per heavy atom. The molecule has 5 fully saturated rings. The second-order valence-electron chi connectivity index (χ2n) is 8.85. The molecule has 0 aliphatic heterocycles. The summed E-state index contributed by atoms with van der Waals surface area (Å²) in [5, 5.41) is 0. The van der Waals surface area contributed by atoms with Crippen LogP contribution in [-0.2, 0) is 9.53 Å². The van der Waals surface area contributed by atoms with Crippen molar-refractivity contribution in [1.82, 2.24) is 0 Å². The van der Waals surface area contributed by atoms with E-state index in [9.17, 15) is 4.79 Å². The Balaban J connectivity index is 1.41. The van der Waals surface area contributed by atoms with Gasteiger partial charge in [0.15, 0.2) is 0 Å². The van der Waals surface area contributed by atoms with Crippen LogP contribution in [0.4, 0.5) is 0 Å². The lowest BCUT2D eigenvalue weighted by molar-refractivity contribution is -0.176. The molecule has 2 nitrogen and oxygen atoms in total. The molecule has 124 valence electrons. The van der Waals surface area contributed by atoms with Crippen LogP contribution in [0.15, 0.2) is 0 Å². The highest BCUT2D eigenvalue weighted by Crippen LogP contribution is 2.55. The standard InChI is InChI=1S/C20H32O2/c1-3-12-6-15(4-2)18(11-12)20(21)22-19-16-7-13-5-14(9-16)10-17(19)8-13/h12-19H,3-11H2,1-2H3. The van der Waals surface area contributed by atoms with Crippen molar-refractivity contribution in [2.45, 2.75) is 77.7 Å². The van der Waals surface area contributed by atoms with Crippen LogP contribution in [0.3, 0.4) is 0 Å². The minimum absolute atomic E-state index is 0.167. The molecule has 3 atom stereocenters. The van der Waals surface area contributed by atoms with Crippen LogP contribution in [-0.4, -0.2) is 12.1 Å². The second-order valence-corrected chi connectivity index (χ2v) is 8.85. The Hall–Kier alpha value is -0.530. The zero-order chi connectivity index (χ0) is 15.3. The Kier molecular flexibility index (Phi) is 3.98. The van der Waals surface area contributed by atoms with Crippen LogP contribution in [0.1, 0.15) is 71.6 Å². The summed E-state index contributed by atoms with van der Waals surface area (Å²) in [5.41, 5.74) is 0. The summed E-state index contributed by atoms with van der Waals surface area (Å²) < 4.78 is 6.20. The highest BCUT2D eigenvalue weighted by atomic mass is 16.5. The van der Waals surface area contributed by atoms with Crippen LogP contribution in [0, 0.1) is 41.4 Å². The molecule has 2 heteroatoms. The summed E-state index contributed by atoms with van der Waals surface area (Å²) >= 11 is 0. The number of esters is 1. The van der Waals surface area contributed by atoms with Gasteiger partial charge < -0.3 is 4.74 Å². The Morgan fingerprint density at radius 2 is 1.50 bits per heavy atom. The van der Waals surface area contributed by atoms with Gasteiger partial charge in [0.05, 0.1) is 5.92 Å². The van der Waals surface area contributed by atoms with E-state index in [2.05, 4.69) is 13.8 Å². The Bertz CT molecular complexity index is 401. The lowest BCUT2D eigenvalue weighted by Gasteiger charge is -2.53. The van der Waals surface area contributed by atoms with E-state index in [0.717, 1.165) is 30.6 Å². The first kappa shape index (κ1) is 15.0. The van der Waals surface area contributed by atoms with Gasteiger partial charge in [-0.1, -0.05) is 26.7 Å². The van der Waals surface area contributed by atoms with Gasteiger partial charge in [-0.05, 0) is 80.5 Å². The minimum atomic E-state index is 0.167. The Morgan fingerprint density at radius 1 is 0.864 bits per heavy atom. The average Bonchev–Trinajstić information content (AvgIpc) is 2.93. The fraction of sp³-hybridized carbons (Fsp3) is 0.950. The van der Waals surface area contributed by atoms with Crippen molar-refractivity contribution in [2.75, 3.05) is 0 Å². The predicted molar refractivity (Wildman–Crippen MR) is 87.2 cm³/mol. The van der Waals surface area contributed by atoms with E-state index in [4.69, 9.17) is 4.74 Å². The summed E-state index contributed by atoms with van der Waals surface area (Å²) in [6.45, 7) is 4.51. The third-order valence-electron chi connectivity index (χ3n) is 7.59. The molecule has 0 spiro atoms. The van der Waals surface area contributed by atoms with Gasteiger partial charge in [-0.2, -0.15) is 0 Å². The number of carbonyl (C=O) groups excluding carboxylic acids is 1. The van der Waals surface area contributed by atoms with Gasteiger partial charge in [0.1, 0.15) is 6.10 Å². The normalized spacial score (nSPS) is 49.5. The molecular weight excluding hydrogens is 272 g/mol. The van der Waals surface area contributed by atoms with Gasteiger partial charge in [0, 0.05) is 0 Å². The SMILES string of the molecule is CCC1CC(CC)C(C(=O)OC2C3CC4CC(C3)CC2C4)C1. The highest BCUT2D eigenvalue weighted by Gasteiger charge is 2.50. The molecule has 0 aromatic heterocycles.